The van der Waals surface area contributed by atoms with Crippen molar-refractivity contribution < 1.29 is 8.42 Å². The maximum absolute atomic E-state index is 12.0. The summed E-state index contributed by atoms with van der Waals surface area (Å²) in [5.41, 5.74) is 0. The molecule has 1 saturated carbocycles. The first-order chi connectivity index (χ1) is 9.03. The van der Waals surface area contributed by atoms with E-state index in [9.17, 15) is 8.42 Å². The summed E-state index contributed by atoms with van der Waals surface area (Å²) in [6, 6.07) is 0.0992. The van der Waals surface area contributed by atoms with E-state index < -0.39 is 10.0 Å². The molecular formula is C12H22N4O2S. The Balaban J connectivity index is 1.88. The van der Waals surface area contributed by atoms with Gasteiger partial charge < -0.3 is 5.32 Å². The second-order valence-electron chi connectivity index (χ2n) is 5.09. The largest absolute Gasteiger partial charge is 0.317 e. The first-order valence-corrected chi connectivity index (χ1v) is 8.26. The van der Waals surface area contributed by atoms with Crippen molar-refractivity contribution in [2.75, 3.05) is 13.1 Å². The molecule has 1 aromatic rings. The molecule has 1 heterocycles. The zero-order chi connectivity index (χ0) is 13.9. The van der Waals surface area contributed by atoms with Gasteiger partial charge in [0, 0.05) is 18.8 Å². The summed E-state index contributed by atoms with van der Waals surface area (Å²) in [4.78, 5) is 0.259. The van der Waals surface area contributed by atoms with E-state index in [1.807, 2.05) is 6.92 Å². The number of aryl methyl sites for hydroxylation is 1. The van der Waals surface area contributed by atoms with Gasteiger partial charge in [-0.25, -0.2) is 13.1 Å². The zero-order valence-corrected chi connectivity index (χ0v) is 12.3. The van der Waals surface area contributed by atoms with Crippen LogP contribution in [0.15, 0.2) is 17.3 Å². The summed E-state index contributed by atoms with van der Waals surface area (Å²) in [5, 5.41) is 7.32. The number of nitrogens with one attached hydrogen (secondary N) is 2. The SMILES string of the molecule is CCNCCCn1cc(S(=O)(=O)NC2CC2C)cn1. The third kappa shape index (κ3) is 4.02. The van der Waals surface area contributed by atoms with Crippen molar-refractivity contribution in [3.8, 4) is 0 Å². The molecule has 0 spiro atoms. The normalized spacial score (nSPS) is 22.6. The van der Waals surface area contributed by atoms with Crippen molar-refractivity contribution in [3.63, 3.8) is 0 Å². The predicted molar refractivity (Wildman–Crippen MR) is 73.3 cm³/mol. The van der Waals surface area contributed by atoms with E-state index >= 15 is 0 Å². The Morgan fingerprint density at radius 2 is 2.26 bits per heavy atom. The molecule has 0 aliphatic heterocycles. The van der Waals surface area contributed by atoms with Crippen LogP contribution in [0.5, 0.6) is 0 Å². The molecule has 2 atom stereocenters. The smallest absolute Gasteiger partial charge is 0.243 e. The predicted octanol–water partition coefficient (Wildman–Crippen LogP) is 0.569. The molecule has 0 amide bonds. The van der Waals surface area contributed by atoms with Crippen LogP contribution in [-0.2, 0) is 16.6 Å². The van der Waals surface area contributed by atoms with Crippen LogP contribution in [-0.4, -0.2) is 37.3 Å². The van der Waals surface area contributed by atoms with Crippen molar-refractivity contribution >= 4 is 10.0 Å². The van der Waals surface area contributed by atoms with Gasteiger partial charge in [0.1, 0.15) is 4.90 Å². The second kappa shape index (κ2) is 6.02. The van der Waals surface area contributed by atoms with E-state index in [2.05, 4.69) is 22.1 Å². The molecule has 19 heavy (non-hydrogen) atoms. The van der Waals surface area contributed by atoms with Crippen molar-refractivity contribution in [2.45, 2.75) is 44.2 Å². The molecule has 1 aliphatic rings. The van der Waals surface area contributed by atoms with Gasteiger partial charge in [-0.1, -0.05) is 13.8 Å². The highest BCUT2D eigenvalue weighted by Crippen LogP contribution is 2.30. The number of hydrogen-bond donors (Lipinski definition) is 2. The molecule has 1 fully saturated rings. The number of aromatic nitrogens is 2. The van der Waals surface area contributed by atoms with Gasteiger partial charge in [0.2, 0.25) is 10.0 Å². The molecule has 7 heteroatoms. The van der Waals surface area contributed by atoms with E-state index in [1.54, 1.807) is 10.9 Å². The molecule has 2 rings (SSSR count). The van der Waals surface area contributed by atoms with Gasteiger partial charge in [0.25, 0.3) is 0 Å². The molecule has 108 valence electrons. The average molecular weight is 286 g/mol. The highest BCUT2D eigenvalue weighted by molar-refractivity contribution is 7.89. The third-order valence-electron chi connectivity index (χ3n) is 3.33. The van der Waals surface area contributed by atoms with Gasteiger partial charge in [0.05, 0.1) is 6.20 Å². The topological polar surface area (TPSA) is 76.0 Å². The van der Waals surface area contributed by atoms with E-state index in [-0.39, 0.29) is 10.9 Å². The third-order valence-corrected chi connectivity index (χ3v) is 4.77. The Morgan fingerprint density at radius 3 is 2.89 bits per heavy atom. The van der Waals surface area contributed by atoms with Crippen molar-refractivity contribution in [2.24, 2.45) is 5.92 Å². The van der Waals surface area contributed by atoms with Gasteiger partial charge >= 0.3 is 0 Å². The van der Waals surface area contributed by atoms with E-state index in [0.29, 0.717) is 5.92 Å². The lowest BCUT2D eigenvalue weighted by molar-refractivity contribution is 0.548. The Bertz CT molecular complexity index is 512. The van der Waals surface area contributed by atoms with Crippen LogP contribution in [0.2, 0.25) is 0 Å². The second-order valence-corrected chi connectivity index (χ2v) is 6.80. The number of hydrogen-bond acceptors (Lipinski definition) is 4. The van der Waals surface area contributed by atoms with Crippen LogP contribution in [0.3, 0.4) is 0 Å². The van der Waals surface area contributed by atoms with Gasteiger partial charge in [0.15, 0.2) is 0 Å². The maximum Gasteiger partial charge on any atom is 0.243 e. The van der Waals surface area contributed by atoms with Crippen molar-refractivity contribution in [1.82, 2.24) is 19.8 Å². The monoisotopic (exact) mass is 286 g/mol. The summed E-state index contributed by atoms with van der Waals surface area (Å²) >= 11 is 0. The molecule has 2 N–H and O–H groups in total. The van der Waals surface area contributed by atoms with Crippen LogP contribution in [0, 0.1) is 5.92 Å². The quantitative estimate of drug-likeness (QED) is 0.685. The highest BCUT2D eigenvalue weighted by atomic mass is 32.2. The summed E-state index contributed by atoms with van der Waals surface area (Å²) in [7, 11) is -3.39. The molecule has 1 aliphatic carbocycles. The van der Waals surface area contributed by atoms with Crippen LogP contribution in [0.25, 0.3) is 0 Å². The molecule has 2 unspecified atom stereocenters. The first-order valence-electron chi connectivity index (χ1n) is 6.78. The summed E-state index contributed by atoms with van der Waals surface area (Å²) < 4.78 is 28.5. The Morgan fingerprint density at radius 1 is 1.53 bits per heavy atom. The van der Waals surface area contributed by atoms with Crippen LogP contribution in [0.1, 0.15) is 26.7 Å². The van der Waals surface area contributed by atoms with E-state index in [0.717, 1.165) is 32.5 Å². The van der Waals surface area contributed by atoms with Gasteiger partial charge in [-0.2, -0.15) is 5.10 Å². The summed E-state index contributed by atoms with van der Waals surface area (Å²) in [5.74, 6) is 0.449. The zero-order valence-electron chi connectivity index (χ0n) is 11.5. The van der Waals surface area contributed by atoms with Crippen LogP contribution < -0.4 is 10.0 Å². The molecule has 0 aromatic carbocycles. The molecule has 0 saturated heterocycles. The Labute approximate surface area is 114 Å². The minimum Gasteiger partial charge on any atom is -0.317 e. The molecular weight excluding hydrogens is 264 g/mol. The lowest BCUT2D eigenvalue weighted by atomic mass is 10.4. The Kier molecular flexibility index (Phi) is 4.59. The average Bonchev–Trinajstić information content (AvgIpc) is 2.86. The number of nitrogens with zero attached hydrogens (tertiary/aromatic N) is 2. The highest BCUT2D eigenvalue weighted by Gasteiger charge is 2.36. The molecule has 1 aromatic heterocycles. The molecule has 0 radical (unpaired) electrons. The molecule has 6 nitrogen and oxygen atoms in total. The first kappa shape index (κ1) is 14.5. The lowest BCUT2D eigenvalue weighted by Crippen LogP contribution is -2.26. The minimum atomic E-state index is -3.39. The van der Waals surface area contributed by atoms with Crippen molar-refractivity contribution in [3.05, 3.63) is 12.4 Å². The fourth-order valence-corrected chi connectivity index (χ4v) is 3.21. The van der Waals surface area contributed by atoms with E-state index in [4.69, 9.17) is 0 Å². The standard InChI is InChI=1S/C12H22N4O2S/c1-3-13-5-4-6-16-9-11(8-14-16)19(17,18)15-12-7-10(12)2/h8-10,12-13,15H,3-7H2,1-2H3. The number of rotatable bonds is 8. The Hall–Kier alpha value is -0.920. The maximum atomic E-state index is 12.0. The van der Waals surface area contributed by atoms with Gasteiger partial charge in [-0.15, -0.1) is 0 Å². The van der Waals surface area contributed by atoms with Crippen LogP contribution >= 0.6 is 0 Å². The molecule has 0 bridgehead atoms. The number of sulfonamides is 1. The lowest BCUT2D eigenvalue weighted by Gasteiger charge is -2.03. The van der Waals surface area contributed by atoms with Gasteiger partial charge in [-0.3, -0.25) is 4.68 Å². The van der Waals surface area contributed by atoms with Crippen molar-refractivity contribution in [1.29, 1.82) is 0 Å². The fraction of sp³-hybridized carbons (Fsp3) is 0.750. The van der Waals surface area contributed by atoms with Gasteiger partial charge in [-0.05, 0) is 31.8 Å². The summed E-state index contributed by atoms with van der Waals surface area (Å²) in [6.07, 6.45) is 4.88. The van der Waals surface area contributed by atoms with Crippen LogP contribution in [0.4, 0.5) is 0 Å². The summed E-state index contributed by atoms with van der Waals surface area (Å²) in [6.45, 7) is 6.68. The van der Waals surface area contributed by atoms with E-state index in [1.165, 1.54) is 6.20 Å². The fourth-order valence-electron chi connectivity index (χ4n) is 1.90. The minimum absolute atomic E-state index is 0.0992.